The largest absolute Gasteiger partial charge is 0.394 e. The van der Waals surface area contributed by atoms with Gasteiger partial charge in [0.2, 0.25) is 5.91 Å². The Labute approximate surface area is 131 Å². The molecule has 1 saturated carbocycles. The summed E-state index contributed by atoms with van der Waals surface area (Å²) in [4.78, 5) is 12.7. The summed E-state index contributed by atoms with van der Waals surface area (Å²) in [5, 5.41) is 13.4. The Morgan fingerprint density at radius 1 is 1.29 bits per heavy atom. The van der Waals surface area contributed by atoms with Gasteiger partial charge in [0.05, 0.1) is 18.1 Å². The molecule has 116 valence electrons. The van der Waals surface area contributed by atoms with Crippen LogP contribution in [0.2, 0.25) is 5.02 Å². The molecule has 2 N–H and O–H groups in total. The van der Waals surface area contributed by atoms with Gasteiger partial charge in [0.25, 0.3) is 0 Å². The highest BCUT2D eigenvalue weighted by Gasteiger charge is 2.37. The summed E-state index contributed by atoms with van der Waals surface area (Å²) in [7, 11) is 0. The standard InChI is InChI=1S/C17H24ClNO2/c1-12(2)15(13-5-7-14(18)8-6-13)16(21)19-17(11-20)9-3-4-10-17/h5-8,12,15,20H,3-4,9-11H2,1-2H3,(H,19,21). The minimum atomic E-state index is -0.420. The summed E-state index contributed by atoms with van der Waals surface area (Å²) < 4.78 is 0. The first-order valence-corrected chi connectivity index (χ1v) is 8.03. The van der Waals surface area contributed by atoms with Crippen molar-refractivity contribution in [1.29, 1.82) is 0 Å². The van der Waals surface area contributed by atoms with Crippen LogP contribution in [-0.4, -0.2) is 23.2 Å². The van der Waals surface area contributed by atoms with Crippen molar-refractivity contribution in [1.82, 2.24) is 5.32 Å². The van der Waals surface area contributed by atoms with Gasteiger partial charge in [0, 0.05) is 5.02 Å². The molecule has 1 unspecified atom stereocenters. The maximum absolute atomic E-state index is 12.7. The van der Waals surface area contributed by atoms with Crippen molar-refractivity contribution in [3.05, 3.63) is 34.9 Å². The van der Waals surface area contributed by atoms with E-state index in [1.165, 1.54) is 0 Å². The third-order valence-electron chi connectivity index (χ3n) is 4.43. The van der Waals surface area contributed by atoms with E-state index in [-0.39, 0.29) is 24.3 Å². The maximum atomic E-state index is 12.7. The van der Waals surface area contributed by atoms with E-state index in [0.717, 1.165) is 31.2 Å². The average molecular weight is 310 g/mol. The molecule has 1 fully saturated rings. The molecular weight excluding hydrogens is 286 g/mol. The highest BCUT2D eigenvalue weighted by atomic mass is 35.5. The van der Waals surface area contributed by atoms with Gasteiger partial charge in [-0.25, -0.2) is 0 Å². The molecule has 0 radical (unpaired) electrons. The normalized spacial score (nSPS) is 18.7. The van der Waals surface area contributed by atoms with Gasteiger partial charge in [-0.15, -0.1) is 0 Å². The molecule has 0 saturated heterocycles. The van der Waals surface area contributed by atoms with Crippen LogP contribution in [0, 0.1) is 5.92 Å². The van der Waals surface area contributed by atoms with E-state index in [2.05, 4.69) is 5.32 Å². The van der Waals surface area contributed by atoms with Gasteiger partial charge in [-0.2, -0.15) is 0 Å². The average Bonchev–Trinajstić information content (AvgIpc) is 2.90. The summed E-state index contributed by atoms with van der Waals surface area (Å²) in [6, 6.07) is 7.45. The molecule has 1 aromatic carbocycles. The van der Waals surface area contributed by atoms with Crippen molar-refractivity contribution in [2.24, 2.45) is 5.92 Å². The molecular formula is C17H24ClNO2. The maximum Gasteiger partial charge on any atom is 0.228 e. The van der Waals surface area contributed by atoms with Gasteiger partial charge in [-0.05, 0) is 36.5 Å². The zero-order valence-corrected chi connectivity index (χ0v) is 13.5. The van der Waals surface area contributed by atoms with E-state index < -0.39 is 5.54 Å². The first-order chi connectivity index (χ1) is 9.97. The Hall–Kier alpha value is -1.06. The number of hydrogen-bond acceptors (Lipinski definition) is 2. The smallest absolute Gasteiger partial charge is 0.228 e. The summed E-state index contributed by atoms with van der Waals surface area (Å²) >= 11 is 5.92. The number of aliphatic hydroxyl groups excluding tert-OH is 1. The van der Waals surface area contributed by atoms with E-state index in [4.69, 9.17) is 11.6 Å². The van der Waals surface area contributed by atoms with Gasteiger partial charge in [-0.3, -0.25) is 4.79 Å². The second-order valence-corrected chi connectivity index (χ2v) is 6.84. The van der Waals surface area contributed by atoms with Crippen molar-refractivity contribution in [3.8, 4) is 0 Å². The third kappa shape index (κ3) is 3.78. The van der Waals surface area contributed by atoms with Gasteiger partial charge < -0.3 is 10.4 Å². The zero-order valence-electron chi connectivity index (χ0n) is 12.7. The second-order valence-electron chi connectivity index (χ2n) is 6.41. The van der Waals surface area contributed by atoms with Gasteiger partial charge in [0.1, 0.15) is 0 Å². The first kappa shape index (κ1) is 16.3. The first-order valence-electron chi connectivity index (χ1n) is 7.66. The Morgan fingerprint density at radius 2 is 1.86 bits per heavy atom. The molecule has 1 aliphatic rings. The molecule has 0 spiro atoms. The summed E-state index contributed by atoms with van der Waals surface area (Å²) in [5.74, 6) is -0.0297. The molecule has 0 heterocycles. The number of carbonyl (C=O) groups excluding carboxylic acids is 1. The molecule has 2 rings (SSSR count). The van der Waals surface area contributed by atoms with E-state index >= 15 is 0 Å². The van der Waals surface area contributed by atoms with Crippen LogP contribution in [0.25, 0.3) is 0 Å². The lowest BCUT2D eigenvalue weighted by atomic mass is 9.86. The number of rotatable bonds is 5. The molecule has 0 aromatic heterocycles. The number of amides is 1. The predicted molar refractivity (Wildman–Crippen MR) is 85.5 cm³/mol. The molecule has 21 heavy (non-hydrogen) atoms. The number of benzene rings is 1. The molecule has 0 bridgehead atoms. The number of hydrogen-bond donors (Lipinski definition) is 2. The van der Waals surface area contributed by atoms with Crippen LogP contribution in [-0.2, 0) is 4.79 Å². The lowest BCUT2D eigenvalue weighted by Gasteiger charge is -2.31. The van der Waals surface area contributed by atoms with Gasteiger partial charge >= 0.3 is 0 Å². The number of nitrogens with one attached hydrogen (secondary N) is 1. The minimum absolute atomic E-state index is 0.00303. The molecule has 0 aliphatic heterocycles. The molecule has 3 nitrogen and oxygen atoms in total. The zero-order chi connectivity index (χ0) is 15.5. The van der Waals surface area contributed by atoms with Crippen LogP contribution < -0.4 is 5.32 Å². The quantitative estimate of drug-likeness (QED) is 0.874. The van der Waals surface area contributed by atoms with Crippen molar-refractivity contribution in [3.63, 3.8) is 0 Å². The molecule has 4 heteroatoms. The lowest BCUT2D eigenvalue weighted by molar-refractivity contribution is -0.126. The number of carbonyl (C=O) groups is 1. The monoisotopic (exact) mass is 309 g/mol. The molecule has 1 aliphatic carbocycles. The van der Waals surface area contributed by atoms with Crippen LogP contribution in [0.15, 0.2) is 24.3 Å². The second kappa shape index (κ2) is 6.80. The van der Waals surface area contributed by atoms with Crippen LogP contribution in [0.5, 0.6) is 0 Å². The Kier molecular flexibility index (Phi) is 5.28. The Balaban J connectivity index is 2.18. The van der Waals surface area contributed by atoms with Crippen molar-refractivity contribution in [2.45, 2.75) is 51.0 Å². The predicted octanol–water partition coefficient (Wildman–Crippen LogP) is 3.50. The van der Waals surface area contributed by atoms with Crippen molar-refractivity contribution < 1.29 is 9.90 Å². The summed E-state index contributed by atoms with van der Waals surface area (Å²) in [6.45, 7) is 4.10. The van der Waals surface area contributed by atoms with Crippen molar-refractivity contribution in [2.75, 3.05) is 6.61 Å². The summed E-state index contributed by atoms with van der Waals surface area (Å²) in [5.41, 5.74) is 0.550. The Bertz CT molecular complexity index is 478. The third-order valence-corrected chi connectivity index (χ3v) is 4.68. The van der Waals surface area contributed by atoms with Gasteiger partial charge in [-0.1, -0.05) is 50.4 Å². The topological polar surface area (TPSA) is 49.3 Å². The van der Waals surface area contributed by atoms with E-state index in [1.54, 1.807) is 0 Å². The summed E-state index contributed by atoms with van der Waals surface area (Å²) in [6.07, 6.45) is 3.85. The lowest BCUT2D eigenvalue weighted by Crippen LogP contribution is -2.51. The minimum Gasteiger partial charge on any atom is -0.394 e. The van der Waals surface area contributed by atoms with E-state index in [0.29, 0.717) is 5.02 Å². The highest BCUT2D eigenvalue weighted by Crippen LogP contribution is 2.32. The van der Waals surface area contributed by atoms with Crippen molar-refractivity contribution >= 4 is 17.5 Å². The Morgan fingerprint density at radius 3 is 2.33 bits per heavy atom. The highest BCUT2D eigenvalue weighted by molar-refractivity contribution is 6.30. The van der Waals surface area contributed by atoms with E-state index in [1.807, 2.05) is 38.1 Å². The fraction of sp³-hybridized carbons (Fsp3) is 0.588. The number of aliphatic hydroxyl groups is 1. The molecule has 1 amide bonds. The fourth-order valence-corrected chi connectivity index (χ4v) is 3.35. The van der Waals surface area contributed by atoms with Crippen LogP contribution in [0.4, 0.5) is 0 Å². The van der Waals surface area contributed by atoms with Crippen LogP contribution in [0.3, 0.4) is 0 Å². The van der Waals surface area contributed by atoms with E-state index in [9.17, 15) is 9.90 Å². The van der Waals surface area contributed by atoms with Gasteiger partial charge in [0.15, 0.2) is 0 Å². The van der Waals surface area contributed by atoms with Crippen LogP contribution in [0.1, 0.15) is 51.0 Å². The van der Waals surface area contributed by atoms with Crippen LogP contribution >= 0.6 is 11.6 Å². The molecule has 1 atom stereocenters. The molecule has 1 aromatic rings. The number of halogens is 1. The fourth-order valence-electron chi connectivity index (χ4n) is 3.22. The SMILES string of the molecule is CC(C)C(C(=O)NC1(CO)CCCC1)c1ccc(Cl)cc1.